The lowest BCUT2D eigenvalue weighted by Crippen LogP contribution is -2.53. The van der Waals surface area contributed by atoms with Gasteiger partial charge in [-0.15, -0.1) is 0 Å². The van der Waals surface area contributed by atoms with E-state index in [4.69, 9.17) is 39.8 Å². The summed E-state index contributed by atoms with van der Waals surface area (Å²) < 4.78 is 11.0. The largest absolute Gasteiger partial charge is 0.480 e. The molecular formula is C52H74N8O13. The first kappa shape index (κ1) is 53.5. The summed E-state index contributed by atoms with van der Waals surface area (Å²) in [7, 11) is 0. The minimum atomic E-state index is -0.943. The minimum absolute atomic E-state index is 0.0400. The third kappa shape index (κ3) is 13.0. The molecule has 0 radical (unpaired) electrons. The number of piperidine rings is 4. The smallest absolute Gasteiger partial charge is 0.410 e. The van der Waals surface area contributed by atoms with E-state index in [1.807, 2.05) is 112 Å². The molecule has 0 aromatic heterocycles. The second-order valence-electron chi connectivity index (χ2n) is 22.3. The molecule has 0 saturated carbocycles. The summed E-state index contributed by atoms with van der Waals surface area (Å²) in [4.78, 5) is 103. The normalized spacial score (nSPS) is 29.0. The van der Waals surface area contributed by atoms with Crippen LogP contribution in [-0.4, -0.2) is 156 Å². The maximum absolute atomic E-state index is 13.0. The van der Waals surface area contributed by atoms with E-state index < -0.39 is 29.3 Å². The molecule has 8 aliphatic heterocycles. The minimum Gasteiger partial charge on any atom is -0.480 e. The molecule has 73 heavy (non-hydrogen) atoms. The Hall–Kier alpha value is -5.74. The van der Waals surface area contributed by atoms with Crippen molar-refractivity contribution >= 4 is 36.1 Å². The van der Waals surface area contributed by atoms with Gasteiger partial charge < -0.3 is 39.0 Å². The zero-order chi connectivity index (χ0) is 52.2. The van der Waals surface area contributed by atoms with Crippen molar-refractivity contribution in [3.05, 3.63) is 71.8 Å². The molecule has 8 heterocycles. The van der Waals surface area contributed by atoms with Gasteiger partial charge in [0.05, 0.1) is 24.3 Å². The molecular weight excluding hydrogens is 945 g/mol. The van der Waals surface area contributed by atoms with Gasteiger partial charge in [-0.1, -0.05) is 60.7 Å². The van der Waals surface area contributed by atoms with E-state index in [0.717, 1.165) is 49.7 Å². The number of hydroxylamine groups is 5. The van der Waals surface area contributed by atoms with Gasteiger partial charge in [0.25, 0.3) is 5.91 Å². The van der Waals surface area contributed by atoms with E-state index in [1.54, 1.807) is 4.90 Å². The summed E-state index contributed by atoms with van der Waals surface area (Å²) in [6, 6.07) is 17.8. The van der Waals surface area contributed by atoms with Crippen molar-refractivity contribution in [3.8, 4) is 0 Å². The Morgan fingerprint density at radius 3 is 1.36 bits per heavy atom. The average molecular weight is 1020 g/mol. The highest BCUT2D eigenvalue weighted by atomic mass is 16.7. The van der Waals surface area contributed by atoms with E-state index >= 15 is 0 Å². The van der Waals surface area contributed by atoms with Gasteiger partial charge in [0.1, 0.15) is 36.5 Å². The summed E-state index contributed by atoms with van der Waals surface area (Å²) in [6.45, 7) is 12.8. The first-order valence-corrected chi connectivity index (χ1v) is 25.9. The van der Waals surface area contributed by atoms with E-state index in [9.17, 15) is 28.8 Å². The van der Waals surface area contributed by atoms with E-state index in [1.165, 1.54) is 15.0 Å². The Morgan fingerprint density at radius 1 is 0.575 bits per heavy atom. The van der Waals surface area contributed by atoms with Crippen molar-refractivity contribution in [3.63, 3.8) is 0 Å². The zero-order valence-electron chi connectivity index (χ0n) is 43.0. The molecule has 10 rings (SSSR count). The maximum atomic E-state index is 13.0. The molecule has 2 aromatic rings. The summed E-state index contributed by atoms with van der Waals surface area (Å²) >= 11 is 0. The van der Waals surface area contributed by atoms with Gasteiger partial charge >= 0.3 is 30.2 Å². The first-order chi connectivity index (χ1) is 34.8. The van der Waals surface area contributed by atoms with Crippen molar-refractivity contribution in [1.29, 1.82) is 0 Å². The lowest BCUT2D eigenvalue weighted by atomic mass is 10.00. The highest BCUT2D eigenvalue weighted by Gasteiger charge is 2.51. The van der Waals surface area contributed by atoms with Crippen LogP contribution in [0.25, 0.3) is 0 Å². The van der Waals surface area contributed by atoms with Gasteiger partial charge in [0.2, 0.25) is 0 Å². The van der Waals surface area contributed by atoms with Crippen molar-refractivity contribution in [2.45, 2.75) is 204 Å². The number of nitrogens with one attached hydrogen (secondary N) is 1. The molecule has 0 spiro atoms. The van der Waals surface area contributed by atoms with Crippen LogP contribution in [-0.2, 0) is 51.6 Å². The highest BCUT2D eigenvalue weighted by Crippen LogP contribution is 2.39. The second-order valence-corrected chi connectivity index (χ2v) is 22.3. The summed E-state index contributed by atoms with van der Waals surface area (Å²) in [5.74, 6) is 3.99. The number of carboxylic acids is 1. The Balaban J connectivity index is 0.000000162. The SMILES string of the molecule is CC(C)(C)OC(=O)N1C2CCC1CC(ON)C2.CC(C)(C)OC(=O)N1C2CCC1CC(ONC(=O)[C@@H]1CC[C@@H]3CN1C(=O)N3OCc1ccccc1)C2.O=C(O)[C@@H]1CC[C@@H]2CN1C(=O)N2OCc1ccccc1. The van der Waals surface area contributed by atoms with Gasteiger partial charge in [0, 0.05) is 37.3 Å². The molecule has 0 aliphatic carbocycles. The molecule has 8 bridgehead atoms. The quantitative estimate of drug-likeness (QED) is 0.200. The fraction of sp³-hybridized carbons (Fsp3) is 0.654. The van der Waals surface area contributed by atoms with E-state index in [-0.39, 0.29) is 78.6 Å². The van der Waals surface area contributed by atoms with Crippen LogP contribution in [0.5, 0.6) is 0 Å². The van der Waals surface area contributed by atoms with Crippen LogP contribution in [0.15, 0.2) is 60.7 Å². The van der Waals surface area contributed by atoms with Crippen LogP contribution in [0, 0.1) is 0 Å². The molecule has 8 saturated heterocycles. The number of hydrogen-bond acceptors (Lipinski definition) is 13. The van der Waals surface area contributed by atoms with E-state index in [2.05, 4.69) is 5.48 Å². The lowest BCUT2D eigenvalue weighted by molar-refractivity contribution is -0.148. The predicted octanol–water partition coefficient (Wildman–Crippen LogP) is 6.64. The molecule has 21 nitrogen and oxygen atoms in total. The van der Waals surface area contributed by atoms with Crippen LogP contribution in [0.3, 0.4) is 0 Å². The third-order valence-corrected chi connectivity index (χ3v) is 14.8. The zero-order valence-corrected chi connectivity index (χ0v) is 43.0. The van der Waals surface area contributed by atoms with Gasteiger partial charge in [0.15, 0.2) is 0 Å². The average Bonchev–Trinajstić information content (AvgIpc) is 3.97. The first-order valence-electron chi connectivity index (χ1n) is 25.9. The summed E-state index contributed by atoms with van der Waals surface area (Å²) in [5.41, 5.74) is 3.61. The maximum Gasteiger partial charge on any atom is 0.410 e. The number of rotatable bonds is 11. The van der Waals surface area contributed by atoms with Crippen LogP contribution in [0.4, 0.5) is 19.2 Å². The Kier molecular flexibility index (Phi) is 16.7. The Bertz CT molecular complexity index is 2240. The van der Waals surface area contributed by atoms with Crippen LogP contribution < -0.4 is 11.4 Å². The van der Waals surface area contributed by atoms with Gasteiger partial charge in [-0.2, -0.15) is 10.1 Å². The second kappa shape index (κ2) is 22.8. The number of fused-ring (bicyclic) bond motifs is 8. The van der Waals surface area contributed by atoms with Gasteiger partial charge in [-0.05, 0) is 130 Å². The number of carboxylic acid groups (broad SMARTS) is 1. The van der Waals surface area contributed by atoms with Crippen molar-refractivity contribution < 1.29 is 62.7 Å². The topological polar surface area (TPSA) is 236 Å². The number of carbonyl (C=O) groups is 6. The molecule has 2 aromatic carbocycles. The van der Waals surface area contributed by atoms with E-state index in [0.29, 0.717) is 64.8 Å². The molecule has 8 fully saturated rings. The highest BCUT2D eigenvalue weighted by molar-refractivity contribution is 5.88. The number of nitrogens with two attached hydrogens (primary N) is 1. The third-order valence-electron chi connectivity index (χ3n) is 14.8. The van der Waals surface area contributed by atoms with Gasteiger partial charge in [-0.25, -0.2) is 35.3 Å². The Morgan fingerprint density at radius 2 is 0.959 bits per heavy atom. The monoisotopic (exact) mass is 1020 g/mol. The van der Waals surface area contributed by atoms with Crippen molar-refractivity contribution in [1.82, 2.24) is 35.2 Å². The number of hydrogen-bond donors (Lipinski definition) is 3. The van der Waals surface area contributed by atoms with Gasteiger partial charge in [-0.3, -0.25) is 19.3 Å². The molecule has 7 amide bonds. The number of benzene rings is 2. The molecule has 4 unspecified atom stereocenters. The fourth-order valence-corrected chi connectivity index (χ4v) is 11.5. The van der Waals surface area contributed by atoms with Crippen LogP contribution in [0.2, 0.25) is 0 Å². The number of amides is 7. The van der Waals surface area contributed by atoms with Crippen molar-refractivity contribution in [2.75, 3.05) is 13.1 Å². The fourth-order valence-electron chi connectivity index (χ4n) is 11.5. The molecule has 8 atom stereocenters. The van der Waals surface area contributed by atoms with Crippen molar-refractivity contribution in [2.24, 2.45) is 5.90 Å². The number of nitrogens with zero attached hydrogens (tertiary/aromatic N) is 6. The number of urea groups is 2. The summed E-state index contributed by atoms with van der Waals surface area (Å²) in [5, 5.41) is 11.9. The number of ether oxygens (including phenoxy) is 2. The van der Waals surface area contributed by atoms with Crippen LogP contribution >= 0.6 is 0 Å². The predicted molar refractivity (Wildman–Crippen MR) is 262 cm³/mol. The molecule has 8 aliphatic rings. The standard InChI is InChI=1S/C26H36N4O6.C14H16N2O4.C12H22N2O3/c1-26(2,3)35-25(33)29-18-9-10-19(29)14-21(13-18)36-27-23(31)22-12-11-20-15-28(22)24(32)30(20)34-16-17-7-5-4-6-8-17;17-13(18)12-7-6-11-8-15(12)14(19)16(11)20-9-10-4-2-1-3-5-10;1-12(2,3)16-11(15)14-8-4-5-9(14)7-10(6-8)17-13/h4-8,18-22H,9-16H2,1-3H3,(H,27,31);1-5,11-12H,6-9H2,(H,17,18);8-10H,4-7,13H2,1-3H3/t18?,19?,20-,21?,22+;11-,12+;/m11./s1. The summed E-state index contributed by atoms with van der Waals surface area (Å²) in [6.07, 6.45) is 8.64. The van der Waals surface area contributed by atoms with Crippen LogP contribution in [0.1, 0.15) is 130 Å². The number of carbonyl (C=O) groups excluding carboxylic acids is 5. The number of aliphatic carboxylic acids is 1. The lowest BCUT2D eigenvalue weighted by Gasteiger charge is -2.39. The molecule has 400 valence electrons. The molecule has 4 N–H and O–H groups in total. The Labute approximate surface area is 427 Å². The molecule has 21 heteroatoms.